The SMILES string of the molecule is CCCS(=O)(=O)N1CCC(NC(=NCc2ccc(OC)c(O)c2)NCC)CC1. The number of hydrogen-bond acceptors (Lipinski definition) is 5. The van der Waals surface area contributed by atoms with Crippen molar-refractivity contribution in [1.82, 2.24) is 14.9 Å². The summed E-state index contributed by atoms with van der Waals surface area (Å²) in [6, 6.07) is 5.40. The van der Waals surface area contributed by atoms with Crippen LogP contribution in [-0.2, 0) is 16.6 Å². The molecule has 158 valence electrons. The fourth-order valence-electron chi connectivity index (χ4n) is 3.18. The molecule has 0 radical (unpaired) electrons. The van der Waals surface area contributed by atoms with Crippen molar-refractivity contribution in [1.29, 1.82) is 0 Å². The van der Waals surface area contributed by atoms with E-state index in [4.69, 9.17) is 4.74 Å². The van der Waals surface area contributed by atoms with E-state index in [0.29, 0.717) is 37.8 Å². The number of sulfonamides is 1. The monoisotopic (exact) mass is 412 g/mol. The Morgan fingerprint density at radius 3 is 2.61 bits per heavy atom. The predicted octanol–water partition coefficient (Wildman–Crippen LogP) is 1.66. The Balaban J connectivity index is 1.94. The second-order valence-corrected chi connectivity index (χ2v) is 8.92. The molecule has 0 amide bonds. The lowest BCUT2D eigenvalue weighted by Gasteiger charge is -2.32. The topological polar surface area (TPSA) is 103 Å². The summed E-state index contributed by atoms with van der Waals surface area (Å²) in [7, 11) is -1.61. The molecule has 0 spiro atoms. The van der Waals surface area contributed by atoms with E-state index in [2.05, 4.69) is 15.6 Å². The Kier molecular flexibility index (Phi) is 8.37. The number of aromatic hydroxyl groups is 1. The zero-order valence-corrected chi connectivity index (χ0v) is 17.8. The van der Waals surface area contributed by atoms with Gasteiger partial charge >= 0.3 is 0 Å². The van der Waals surface area contributed by atoms with Gasteiger partial charge in [0.2, 0.25) is 10.0 Å². The van der Waals surface area contributed by atoms with Crippen LogP contribution in [0.5, 0.6) is 11.5 Å². The van der Waals surface area contributed by atoms with E-state index >= 15 is 0 Å². The molecular weight excluding hydrogens is 380 g/mol. The first-order valence-electron chi connectivity index (χ1n) is 9.78. The van der Waals surface area contributed by atoms with Crippen LogP contribution in [0.25, 0.3) is 0 Å². The number of ether oxygens (including phenoxy) is 1. The first-order chi connectivity index (χ1) is 13.4. The Morgan fingerprint density at radius 1 is 1.32 bits per heavy atom. The van der Waals surface area contributed by atoms with Gasteiger partial charge in [-0.2, -0.15) is 0 Å². The van der Waals surface area contributed by atoms with Crippen molar-refractivity contribution in [3.63, 3.8) is 0 Å². The van der Waals surface area contributed by atoms with Gasteiger partial charge in [-0.25, -0.2) is 17.7 Å². The number of piperidine rings is 1. The minimum atomic E-state index is -3.13. The summed E-state index contributed by atoms with van der Waals surface area (Å²) in [5, 5.41) is 16.5. The van der Waals surface area contributed by atoms with Crippen molar-refractivity contribution in [3.8, 4) is 11.5 Å². The average molecular weight is 413 g/mol. The van der Waals surface area contributed by atoms with Crippen molar-refractivity contribution >= 4 is 16.0 Å². The lowest BCUT2D eigenvalue weighted by atomic mass is 10.1. The van der Waals surface area contributed by atoms with E-state index in [1.54, 1.807) is 16.4 Å². The predicted molar refractivity (Wildman–Crippen MR) is 111 cm³/mol. The number of hydrogen-bond donors (Lipinski definition) is 3. The summed E-state index contributed by atoms with van der Waals surface area (Å²) >= 11 is 0. The average Bonchev–Trinajstić information content (AvgIpc) is 2.67. The van der Waals surface area contributed by atoms with E-state index in [-0.39, 0.29) is 17.5 Å². The van der Waals surface area contributed by atoms with Gasteiger partial charge in [-0.05, 0) is 43.9 Å². The number of rotatable bonds is 8. The Bertz CT molecular complexity index is 759. The molecule has 0 aromatic heterocycles. The molecule has 1 heterocycles. The van der Waals surface area contributed by atoms with Crippen LogP contribution in [0.4, 0.5) is 0 Å². The van der Waals surface area contributed by atoms with Crippen LogP contribution in [0.2, 0.25) is 0 Å². The van der Waals surface area contributed by atoms with E-state index in [1.807, 2.05) is 19.9 Å². The molecule has 0 bridgehead atoms. The first kappa shape index (κ1) is 22.3. The molecule has 0 unspecified atom stereocenters. The van der Waals surface area contributed by atoms with Gasteiger partial charge in [0.05, 0.1) is 19.4 Å². The van der Waals surface area contributed by atoms with Crippen LogP contribution in [0.15, 0.2) is 23.2 Å². The fourth-order valence-corrected chi connectivity index (χ4v) is 4.72. The molecule has 2 rings (SSSR count). The maximum Gasteiger partial charge on any atom is 0.214 e. The number of phenols is 1. The third-order valence-electron chi connectivity index (χ3n) is 4.66. The Morgan fingerprint density at radius 2 is 2.04 bits per heavy atom. The van der Waals surface area contributed by atoms with Gasteiger partial charge in [0.15, 0.2) is 17.5 Å². The Labute approximate surface area is 168 Å². The maximum atomic E-state index is 12.2. The molecule has 1 aliphatic rings. The maximum absolute atomic E-state index is 12.2. The van der Waals surface area contributed by atoms with Crippen LogP contribution >= 0.6 is 0 Å². The van der Waals surface area contributed by atoms with Crippen molar-refractivity contribution in [2.24, 2.45) is 4.99 Å². The van der Waals surface area contributed by atoms with Gasteiger partial charge in [-0.15, -0.1) is 0 Å². The van der Waals surface area contributed by atoms with E-state index < -0.39 is 10.0 Å². The highest BCUT2D eigenvalue weighted by atomic mass is 32.2. The van der Waals surface area contributed by atoms with Crippen molar-refractivity contribution in [3.05, 3.63) is 23.8 Å². The number of nitrogens with zero attached hydrogens (tertiary/aromatic N) is 2. The molecule has 3 N–H and O–H groups in total. The molecule has 9 heteroatoms. The van der Waals surface area contributed by atoms with Crippen LogP contribution in [0.1, 0.15) is 38.7 Å². The molecule has 1 fully saturated rings. The normalized spacial score (nSPS) is 16.8. The number of methoxy groups -OCH3 is 1. The van der Waals surface area contributed by atoms with Gasteiger partial charge in [0.25, 0.3) is 0 Å². The second-order valence-electron chi connectivity index (χ2n) is 6.84. The molecule has 1 aromatic carbocycles. The molecule has 8 nitrogen and oxygen atoms in total. The highest BCUT2D eigenvalue weighted by Gasteiger charge is 2.27. The lowest BCUT2D eigenvalue weighted by molar-refractivity contribution is 0.306. The number of benzene rings is 1. The lowest BCUT2D eigenvalue weighted by Crippen LogP contribution is -2.50. The molecule has 28 heavy (non-hydrogen) atoms. The number of nitrogens with one attached hydrogen (secondary N) is 2. The van der Waals surface area contributed by atoms with Crippen LogP contribution in [-0.4, -0.2) is 62.3 Å². The minimum Gasteiger partial charge on any atom is -0.504 e. The van der Waals surface area contributed by atoms with Crippen LogP contribution in [0, 0.1) is 0 Å². The summed E-state index contributed by atoms with van der Waals surface area (Å²) < 4.78 is 31.0. The third kappa shape index (κ3) is 6.27. The van der Waals surface area contributed by atoms with E-state index in [0.717, 1.165) is 24.9 Å². The number of phenolic OH excluding ortho intramolecular Hbond substituents is 1. The molecule has 1 aliphatic heterocycles. The van der Waals surface area contributed by atoms with Crippen molar-refractivity contribution in [2.45, 2.75) is 45.7 Å². The fraction of sp³-hybridized carbons (Fsp3) is 0.632. The summed E-state index contributed by atoms with van der Waals surface area (Å²) in [6.07, 6.45) is 2.13. The van der Waals surface area contributed by atoms with E-state index in [1.165, 1.54) is 7.11 Å². The first-order valence-corrected chi connectivity index (χ1v) is 11.4. The molecule has 1 saturated heterocycles. The quantitative estimate of drug-likeness (QED) is 0.443. The summed E-state index contributed by atoms with van der Waals surface area (Å²) in [5.41, 5.74) is 0.871. The smallest absolute Gasteiger partial charge is 0.214 e. The summed E-state index contributed by atoms with van der Waals surface area (Å²) in [5.74, 6) is 1.42. The highest BCUT2D eigenvalue weighted by molar-refractivity contribution is 7.89. The molecule has 1 aromatic rings. The van der Waals surface area contributed by atoms with Gasteiger partial charge in [-0.3, -0.25) is 0 Å². The molecule has 0 aliphatic carbocycles. The Hall–Kier alpha value is -2.00. The summed E-state index contributed by atoms with van der Waals surface area (Å²) in [4.78, 5) is 4.58. The largest absolute Gasteiger partial charge is 0.504 e. The zero-order chi connectivity index (χ0) is 20.6. The molecular formula is C19H32N4O4S. The standard InChI is InChI=1S/C19H32N4O4S/c1-4-12-28(25,26)23-10-8-16(9-11-23)22-19(20-5-2)21-14-15-6-7-18(27-3)17(24)13-15/h6-7,13,16,24H,4-5,8-12,14H2,1-3H3,(H2,20,21,22). The number of guanidine groups is 1. The van der Waals surface area contributed by atoms with Crippen molar-refractivity contribution < 1.29 is 18.3 Å². The van der Waals surface area contributed by atoms with Crippen molar-refractivity contribution in [2.75, 3.05) is 32.5 Å². The van der Waals surface area contributed by atoms with Gasteiger partial charge in [0.1, 0.15) is 0 Å². The van der Waals surface area contributed by atoms with Gasteiger partial charge in [-0.1, -0.05) is 13.0 Å². The molecule has 0 saturated carbocycles. The van der Waals surface area contributed by atoms with Gasteiger partial charge < -0.3 is 20.5 Å². The van der Waals surface area contributed by atoms with Crippen LogP contribution < -0.4 is 15.4 Å². The summed E-state index contributed by atoms with van der Waals surface area (Å²) in [6.45, 7) is 6.08. The van der Waals surface area contributed by atoms with Crippen LogP contribution in [0.3, 0.4) is 0 Å². The molecule has 0 atom stereocenters. The number of aliphatic imine (C=N–C) groups is 1. The van der Waals surface area contributed by atoms with E-state index in [9.17, 15) is 13.5 Å². The zero-order valence-electron chi connectivity index (χ0n) is 16.9. The van der Waals surface area contributed by atoms with Gasteiger partial charge in [0, 0.05) is 25.7 Å². The minimum absolute atomic E-state index is 0.0915. The highest BCUT2D eigenvalue weighted by Crippen LogP contribution is 2.26. The second kappa shape index (κ2) is 10.5. The third-order valence-corrected chi connectivity index (χ3v) is 6.73.